The lowest BCUT2D eigenvalue weighted by Crippen LogP contribution is -2.36. The molecule has 0 aliphatic heterocycles. The fraction of sp³-hybridized carbons (Fsp3) is 0.553. The molecule has 0 radical (unpaired) electrons. The topological polar surface area (TPSA) is 113 Å². The molecule has 9 nitrogen and oxygen atoms in total. The van der Waals surface area contributed by atoms with Gasteiger partial charge in [-0.2, -0.15) is 0 Å². The van der Waals surface area contributed by atoms with Crippen molar-refractivity contribution in [3.63, 3.8) is 0 Å². The number of aryl methyl sites for hydroxylation is 2. The number of hydrogen-bond acceptors (Lipinski definition) is 9. The van der Waals surface area contributed by atoms with Gasteiger partial charge in [0.1, 0.15) is 29.5 Å². The van der Waals surface area contributed by atoms with Crippen molar-refractivity contribution in [3.05, 3.63) is 70.8 Å². The van der Waals surface area contributed by atoms with Gasteiger partial charge in [-0.25, -0.2) is 14.6 Å². The van der Waals surface area contributed by atoms with Crippen LogP contribution in [0.3, 0.4) is 0 Å². The van der Waals surface area contributed by atoms with E-state index in [-0.39, 0.29) is 42.0 Å². The van der Waals surface area contributed by atoms with Crippen LogP contribution in [0.4, 0.5) is 0 Å². The predicted molar refractivity (Wildman–Crippen MR) is 224 cm³/mol. The summed E-state index contributed by atoms with van der Waals surface area (Å²) in [4.78, 5) is 31.9. The largest absolute Gasteiger partial charge is 0.490 e. The molecule has 3 atom stereocenters. The van der Waals surface area contributed by atoms with E-state index in [0.29, 0.717) is 67.2 Å². The van der Waals surface area contributed by atoms with Crippen LogP contribution in [0.1, 0.15) is 120 Å². The van der Waals surface area contributed by atoms with Gasteiger partial charge >= 0.3 is 11.9 Å². The fourth-order valence-corrected chi connectivity index (χ4v) is 8.14. The number of hydrogen-bond donors (Lipinski definition) is 1. The van der Waals surface area contributed by atoms with Crippen LogP contribution in [0.5, 0.6) is 17.2 Å². The molecule has 306 valence electrons. The second-order valence-electron chi connectivity index (χ2n) is 17.8. The Morgan fingerprint density at radius 3 is 1.71 bits per heavy atom. The number of carbonyl (C=O) groups excluding carboxylic acids is 2. The van der Waals surface area contributed by atoms with Crippen LogP contribution in [-0.2, 0) is 9.47 Å². The van der Waals surface area contributed by atoms with Gasteiger partial charge in [0.2, 0.25) is 0 Å². The molecule has 0 spiro atoms. The van der Waals surface area contributed by atoms with Gasteiger partial charge in [-0.15, -0.1) is 0 Å². The molecule has 3 aromatic carbocycles. The third-order valence-electron chi connectivity index (χ3n) is 10.9. The van der Waals surface area contributed by atoms with E-state index < -0.39 is 17.5 Å². The van der Waals surface area contributed by atoms with Crippen molar-refractivity contribution < 1.29 is 38.4 Å². The standard InChI is InChI=1S/C47H65NO8/c1-27(2)40(25-46(10,11)23-30(7)24-47(12,26-49)53-14)54-34-15-17-38-36(21-34)41(45(51)56-43-31(8)19-33(20-32(43)9)44(50)52-13)37-22-35(16-18-39(37)48-38)55-42(28(3)4)29(5)6/h15-22,27-30,40,42,49H,23-26H2,1-14H3. The van der Waals surface area contributed by atoms with Gasteiger partial charge in [0.15, 0.2) is 0 Å². The van der Waals surface area contributed by atoms with Crippen LogP contribution in [0.2, 0.25) is 0 Å². The van der Waals surface area contributed by atoms with Crippen molar-refractivity contribution in [2.75, 3.05) is 20.8 Å². The molecule has 0 amide bonds. The Bertz CT molecular complexity index is 1960. The molecule has 4 aromatic rings. The van der Waals surface area contributed by atoms with Gasteiger partial charge in [-0.05, 0) is 129 Å². The van der Waals surface area contributed by atoms with Gasteiger partial charge in [-0.3, -0.25) is 0 Å². The molecule has 56 heavy (non-hydrogen) atoms. The number of nitrogens with zero attached hydrogens (tertiary/aromatic N) is 1. The first-order valence-corrected chi connectivity index (χ1v) is 20.0. The summed E-state index contributed by atoms with van der Waals surface area (Å²) in [7, 11) is 2.99. The SMILES string of the molecule is COC(=O)c1cc(C)c(OC(=O)c2c3cc(OC(CC(C)(C)CC(C)CC(C)(CO)OC)C(C)C)ccc3nc3ccc(OC(C(C)C)C(C)C)cc23)c(C)c1. The summed E-state index contributed by atoms with van der Waals surface area (Å²) in [6, 6.07) is 14.7. The Balaban J connectivity index is 1.80. The maximum atomic E-state index is 14.6. The number of aromatic nitrogens is 1. The zero-order valence-corrected chi connectivity index (χ0v) is 36.2. The number of aliphatic hydroxyl groups is 1. The van der Waals surface area contributed by atoms with Crippen LogP contribution in [-0.4, -0.2) is 60.7 Å². The summed E-state index contributed by atoms with van der Waals surface area (Å²) in [6.07, 6.45) is 2.33. The summed E-state index contributed by atoms with van der Waals surface area (Å²) in [6.45, 7) is 25.2. The first kappa shape index (κ1) is 44.5. The number of aliphatic hydroxyl groups excluding tert-OH is 1. The zero-order chi connectivity index (χ0) is 41.7. The molecule has 0 saturated heterocycles. The first-order chi connectivity index (χ1) is 26.2. The number of pyridine rings is 1. The van der Waals surface area contributed by atoms with E-state index in [2.05, 4.69) is 62.3 Å². The minimum absolute atomic E-state index is 0.0285. The molecule has 0 fully saturated rings. The number of ether oxygens (including phenoxy) is 5. The smallest absolute Gasteiger partial charge is 0.344 e. The van der Waals surface area contributed by atoms with Gasteiger partial charge in [0.05, 0.1) is 41.5 Å². The number of methoxy groups -OCH3 is 2. The van der Waals surface area contributed by atoms with Crippen molar-refractivity contribution in [2.45, 2.75) is 120 Å². The number of carbonyl (C=O) groups is 2. The van der Waals surface area contributed by atoms with Crippen molar-refractivity contribution in [1.82, 2.24) is 4.98 Å². The van der Waals surface area contributed by atoms with Crippen LogP contribution in [0, 0.1) is 42.9 Å². The zero-order valence-electron chi connectivity index (χ0n) is 36.2. The van der Waals surface area contributed by atoms with Crippen LogP contribution < -0.4 is 14.2 Å². The second kappa shape index (κ2) is 18.4. The highest BCUT2D eigenvalue weighted by Crippen LogP contribution is 2.39. The Morgan fingerprint density at radius 2 is 1.25 bits per heavy atom. The van der Waals surface area contributed by atoms with E-state index in [0.717, 1.165) is 19.3 Å². The van der Waals surface area contributed by atoms with Crippen molar-refractivity contribution in [1.29, 1.82) is 0 Å². The molecular formula is C47H65NO8. The fourth-order valence-electron chi connectivity index (χ4n) is 8.14. The first-order valence-electron chi connectivity index (χ1n) is 20.0. The lowest BCUT2D eigenvalue weighted by atomic mass is 9.75. The second-order valence-corrected chi connectivity index (χ2v) is 17.8. The Kier molecular flexibility index (Phi) is 14.6. The van der Waals surface area contributed by atoms with E-state index in [9.17, 15) is 14.7 Å². The Labute approximate surface area is 334 Å². The third-order valence-corrected chi connectivity index (χ3v) is 10.9. The Morgan fingerprint density at radius 1 is 0.714 bits per heavy atom. The van der Waals surface area contributed by atoms with Crippen molar-refractivity contribution in [2.24, 2.45) is 29.1 Å². The molecule has 1 heterocycles. The van der Waals surface area contributed by atoms with Gasteiger partial charge in [0, 0.05) is 17.9 Å². The average Bonchev–Trinajstić information content (AvgIpc) is 3.12. The molecule has 4 rings (SSSR count). The predicted octanol–water partition coefficient (Wildman–Crippen LogP) is 10.7. The van der Waals surface area contributed by atoms with Gasteiger partial charge < -0.3 is 28.8 Å². The quantitative estimate of drug-likeness (QED) is 0.0600. The molecule has 0 aliphatic rings. The maximum Gasteiger partial charge on any atom is 0.344 e. The molecule has 0 saturated carbocycles. The van der Waals surface area contributed by atoms with Crippen LogP contribution >= 0.6 is 0 Å². The van der Waals surface area contributed by atoms with E-state index in [1.807, 2.05) is 43.3 Å². The minimum atomic E-state index is -0.576. The third kappa shape index (κ3) is 10.8. The van der Waals surface area contributed by atoms with Crippen molar-refractivity contribution >= 4 is 33.7 Å². The van der Waals surface area contributed by atoms with E-state index >= 15 is 0 Å². The minimum Gasteiger partial charge on any atom is -0.490 e. The number of rotatable bonds is 18. The summed E-state index contributed by atoms with van der Waals surface area (Å²) >= 11 is 0. The molecule has 0 bridgehead atoms. The normalized spacial score (nSPS) is 14.4. The lowest BCUT2D eigenvalue weighted by molar-refractivity contribution is -0.0560. The van der Waals surface area contributed by atoms with Crippen LogP contribution in [0.15, 0.2) is 48.5 Å². The molecule has 0 aliphatic carbocycles. The van der Waals surface area contributed by atoms with Crippen molar-refractivity contribution in [3.8, 4) is 17.2 Å². The maximum absolute atomic E-state index is 14.6. The molecule has 1 aromatic heterocycles. The number of benzene rings is 3. The van der Waals surface area contributed by atoms with Gasteiger partial charge in [-0.1, -0.05) is 62.3 Å². The van der Waals surface area contributed by atoms with E-state index in [1.165, 1.54) is 7.11 Å². The number of esters is 2. The molecular weight excluding hydrogens is 707 g/mol. The highest BCUT2D eigenvalue weighted by molar-refractivity contribution is 6.15. The summed E-state index contributed by atoms with van der Waals surface area (Å²) in [5.74, 6) is 1.70. The molecule has 3 unspecified atom stereocenters. The number of fused-ring (bicyclic) bond motifs is 2. The lowest BCUT2D eigenvalue weighted by Gasteiger charge is -2.36. The summed E-state index contributed by atoms with van der Waals surface area (Å²) in [5.41, 5.74) is 2.61. The Hall–Kier alpha value is -4.21. The van der Waals surface area contributed by atoms with Gasteiger partial charge in [0.25, 0.3) is 0 Å². The molecule has 9 heteroatoms. The average molecular weight is 772 g/mol. The summed E-state index contributed by atoms with van der Waals surface area (Å²) in [5, 5.41) is 11.1. The molecule has 1 N–H and O–H groups in total. The highest BCUT2D eigenvalue weighted by Gasteiger charge is 2.32. The van der Waals surface area contributed by atoms with Crippen LogP contribution in [0.25, 0.3) is 21.8 Å². The van der Waals surface area contributed by atoms with E-state index in [4.69, 9.17) is 28.7 Å². The summed E-state index contributed by atoms with van der Waals surface area (Å²) < 4.78 is 30.1. The highest BCUT2D eigenvalue weighted by atomic mass is 16.5. The monoisotopic (exact) mass is 771 g/mol. The van der Waals surface area contributed by atoms with E-state index in [1.54, 1.807) is 33.1 Å².